The van der Waals surface area contributed by atoms with Crippen LogP contribution in [-0.2, 0) is 0 Å². The zero-order valence-electron chi connectivity index (χ0n) is 13.7. The van der Waals surface area contributed by atoms with E-state index in [0.29, 0.717) is 0 Å². The van der Waals surface area contributed by atoms with Crippen LogP contribution in [0.15, 0.2) is 24.3 Å². The van der Waals surface area contributed by atoms with Gasteiger partial charge >= 0.3 is 0 Å². The van der Waals surface area contributed by atoms with Crippen LogP contribution in [0.4, 0.5) is 0 Å². The highest BCUT2D eigenvalue weighted by Gasteiger charge is 2.17. The number of nitrogens with zero attached hydrogens (tertiary/aromatic N) is 1. The Hall–Kier alpha value is -0.860. The van der Waals surface area contributed by atoms with Crippen LogP contribution in [0.25, 0.3) is 0 Å². The van der Waals surface area contributed by atoms with Crippen molar-refractivity contribution in [2.45, 2.75) is 58.5 Å². The molecule has 1 aliphatic heterocycles. The van der Waals surface area contributed by atoms with Crippen molar-refractivity contribution in [3.8, 4) is 0 Å². The third-order valence-corrected chi connectivity index (χ3v) is 4.90. The van der Waals surface area contributed by atoms with E-state index in [1.165, 1.54) is 50.8 Å². The minimum absolute atomic E-state index is 0.319. The molecular weight excluding hydrogens is 258 g/mol. The van der Waals surface area contributed by atoms with Crippen LogP contribution in [-0.4, -0.2) is 29.6 Å². The number of hydrogen-bond acceptors (Lipinski definition) is 2. The third-order valence-electron chi connectivity index (χ3n) is 4.90. The van der Waals surface area contributed by atoms with Gasteiger partial charge in [0.25, 0.3) is 0 Å². The average Bonchev–Trinajstić information content (AvgIpc) is 2.71. The lowest BCUT2D eigenvalue weighted by Crippen LogP contribution is -2.27. The SMILES string of the molecule is CCCC1CCCN(CCC(O)c2ccccc2C)CC1. The highest BCUT2D eigenvalue weighted by molar-refractivity contribution is 5.27. The molecule has 1 aromatic rings. The Morgan fingerprint density at radius 1 is 1.24 bits per heavy atom. The van der Waals surface area contributed by atoms with E-state index in [0.717, 1.165) is 24.4 Å². The molecule has 1 aliphatic rings. The summed E-state index contributed by atoms with van der Waals surface area (Å²) < 4.78 is 0. The smallest absolute Gasteiger partial charge is 0.0804 e. The second-order valence-electron chi connectivity index (χ2n) is 6.59. The van der Waals surface area contributed by atoms with Gasteiger partial charge < -0.3 is 10.0 Å². The van der Waals surface area contributed by atoms with Gasteiger partial charge in [-0.05, 0) is 62.7 Å². The summed E-state index contributed by atoms with van der Waals surface area (Å²) in [6.07, 6.45) is 7.30. The van der Waals surface area contributed by atoms with Gasteiger partial charge in [-0.3, -0.25) is 0 Å². The molecule has 21 heavy (non-hydrogen) atoms. The second kappa shape index (κ2) is 8.55. The summed E-state index contributed by atoms with van der Waals surface area (Å²) in [5.74, 6) is 0.932. The predicted molar refractivity (Wildman–Crippen MR) is 89.4 cm³/mol. The highest BCUT2D eigenvalue weighted by atomic mass is 16.3. The Morgan fingerprint density at radius 3 is 2.81 bits per heavy atom. The first kappa shape index (κ1) is 16.5. The third kappa shape index (κ3) is 5.12. The van der Waals surface area contributed by atoms with Crippen molar-refractivity contribution in [3.05, 3.63) is 35.4 Å². The van der Waals surface area contributed by atoms with E-state index in [2.05, 4.69) is 30.9 Å². The van der Waals surface area contributed by atoms with Crippen molar-refractivity contribution in [2.75, 3.05) is 19.6 Å². The maximum absolute atomic E-state index is 10.4. The molecule has 118 valence electrons. The van der Waals surface area contributed by atoms with Crippen LogP contribution in [0.5, 0.6) is 0 Å². The van der Waals surface area contributed by atoms with Gasteiger partial charge in [-0.15, -0.1) is 0 Å². The molecule has 1 saturated heterocycles. The summed E-state index contributed by atoms with van der Waals surface area (Å²) in [4.78, 5) is 2.55. The van der Waals surface area contributed by atoms with Gasteiger partial charge in [-0.1, -0.05) is 44.0 Å². The minimum atomic E-state index is -0.319. The van der Waals surface area contributed by atoms with Crippen molar-refractivity contribution < 1.29 is 5.11 Å². The molecule has 0 spiro atoms. The average molecular weight is 289 g/mol. The van der Waals surface area contributed by atoms with Gasteiger partial charge in [0.05, 0.1) is 6.10 Å². The molecule has 0 bridgehead atoms. The molecule has 1 aromatic carbocycles. The van der Waals surface area contributed by atoms with Gasteiger partial charge in [0, 0.05) is 6.54 Å². The number of aliphatic hydroxyl groups excluding tert-OH is 1. The van der Waals surface area contributed by atoms with Crippen molar-refractivity contribution in [1.82, 2.24) is 4.90 Å². The van der Waals surface area contributed by atoms with E-state index in [1.807, 2.05) is 12.1 Å². The fourth-order valence-corrected chi connectivity index (χ4v) is 3.57. The maximum atomic E-state index is 10.4. The van der Waals surface area contributed by atoms with Crippen molar-refractivity contribution in [3.63, 3.8) is 0 Å². The van der Waals surface area contributed by atoms with Gasteiger partial charge in [0.1, 0.15) is 0 Å². The summed E-state index contributed by atoms with van der Waals surface area (Å²) in [6.45, 7) is 7.82. The van der Waals surface area contributed by atoms with E-state index in [9.17, 15) is 5.11 Å². The number of hydrogen-bond donors (Lipinski definition) is 1. The Kier molecular flexibility index (Phi) is 6.72. The monoisotopic (exact) mass is 289 g/mol. The first-order valence-electron chi connectivity index (χ1n) is 8.66. The Labute approximate surface area is 130 Å². The fourth-order valence-electron chi connectivity index (χ4n) is 3.57. The standard InChI is InChI=1S/C19H31NO/c1-3-7-17-9-6-13-20(14-11-17)15-12-19(21)18-10-5-4-8-16(18)2/h4-5,8,10,17,19,21H,3,6-7,9,11-15H2,1-2H3. The fraction of sp³-hybridized carbons (Fsp3) is 0.684. The molecule has 1 heterocycles. The molecular formula is C19H31NO. The molecule has 2 nitrogen and oxygen atoms in total. The van der Waals surface area contributed by atoms with Crippen molar-refractivity contribution >= 4 is 0 Å². The van der Waals surface area contributed by atoms with Gasteiger partial charge in [0.2, 0.25) is 0 Å². The van der Waals surface area contributed by atoms with Crippen LogP contribution >= 0.6 is 0 Å². The summed E-state index contributed by atoms with van der Waals surface area (Å²) >= 11 is 0. The normalized spacial score (nSPS) is 22.0. The first-order valence-corrected chi connectivity index (χ1v) is 8.66. The predicted octanol–water partition coefficient (Wildman–Crippen LogP) is 4.32. The molecule has 2 atom stereocenters. The molecule has 0 radical (unpaired) electrons. The molecule has 0 amide bonds. The van der Waals surface area contributed by atoms with E-state index in [1.54, 1.807) is 0 Å². The molecule has 1 fully saturated rings. The summed E-state index contributed by atoms with van der Waals surface area (Å²) in [5.41, 5.74) is 2.29. The Morgan fingerprint density at radius 2 is 2.05 bits per heavy atom. The van der Waals surface area contributed by atoms with Crippen LogP contribution < -0.4 is 0 Å². The lowest BCUT2D eigenvalue weighted by atomic mass is 9.96. The van der Waals surface area contributed by atoms with Crippen LogP contribution in [0.2, 0.25) is 0 Å². The van der Waals surface area contributed by atoms with Crippen LogP contribution in [0.3, 0.4) is 0 Å². The van der Waals surface area contributed by atoms with E-state index in [-0.39, 0.29) is 6.10 Å². The Balaban J connectivity index is 1.79. The van der Waals surface area contributed by atoms with E-state index >= 15 is 0 Å². The molecule has 2 heteroatoms. The van der Waals surface area contributed by atoms with Gasteiger partial charge in [-0.25, -0.2) is 0 Å². The zero-order chi connectivity index (χ0) is 15.1. The minimum Gasteiger partial charge on any atom is -0.388 e. The van der Waals surface area contributed by atoms with E-state index in [4.69, 9.17) is 0 Å². The van der Waals surface area contributed by atoms with E-state index < -0.39 is 0 Å². The topological polar surface area (TPSA) is 23.5 Å². The summed E-state index contributed by atoms with van der Waals surface area (Å²) in [7, 11) is 0. The van der Waals surface area contributed by atoms with Crippen LogP contribution in [0.1, 0.15) is 62.7 Å². The van der Waals surface area contributed by atoms with Crippen LogP contribution in [0, 0.1) is 12.8 Å². The number of benzene rings is 1. The number of aliphatic hydroxyl groups is 1. The molecule has 2 unspecified atom stereocenters. The molecule has 0 saturated carbocycles. The molecule has 0 aromatic heterocycles. The van der Waals surface area contributed by atoms with Gasteiger partial charge in [-0.2, -0.15) is 0 Å². The number of rotatable bonds is 6. The quantitative estimate of drug-likeness (QED) is 0.843. The summed E-state index contributed by atoms with van der Waals surface area (Å²) in [5, 5.41) is 10.4. The lowest BCUT2D eigenvalue weighted by molar-refractivity contribution is 0.142. The Bertz CT molecular complexity index is 418. The second-order valence-corrected chi connectivity index (χ2v) is 6.59. The maximum Gasteiger partial charge on any atom is 0.0804 e. The number of likely N-dealkylation sites (tertiary alicyclic amines) is 1. The molecule has 0 aliphatic carbocycles. The lowest BCUT2D eigenvalue weighted by Gasteiger charge is -2.22. The summed E-state index contributed by atoms with van der Waals surface area (Å²) in [6, 6.07) is 8.20. The molecule has 2 rings (SSSR count). The molecule has 1 N–H and O–H groups in total. The van der Waals surface area contributed by atoms with Crippen molar-refractivity contribution in [1.29, 1.82) is 0 Å². The highest BCUT2D eigenvalue weighted by Crippen LogP contribution is 2.24. The zero-order valence-corrected chi connectivity index (χ0v) is 13.7. The van der Waals surface area contributed by atoms with Crippen molar-refractivity contribution in [2.24, 2.45) is 5.92 Å². The number of aryl methyl sites for hydroxylation is 1. The first-order chi connectivity index (χ1) is 10.2. The largest absolute Gasteiger partial charge is 0.388 e. The van der Waals surface area contributed by atoms with Gasteiger partial charge in [0.15, 0.2) is 0 Å².